The Hall–Kier alpha value is -1.26. The fraction of sp³-hybridized carbons (Fsp3) is 0.500. The molecule has 0 atom stereocenters. The Kier molecular flexibility index (Phi) is 6.67. The van der Waals surface area contributed by atoms with Gasteiger partial charge in [-0.3, -0.25) is 4.79 Å². The van der Waals surface area contributed by atoms with Crippen LogP contribution < -0.4 is 10.1 Å². The van der Waals surface area contributed by atoms with E-state index in [1.54, 1.807) is 12.1 Å². The van der Waals surface area contributed by atoms with Crippen molar-refractivity contribution < 1.29 is 9.53 Å². The molecule has 0 aromatic heterocycles. The molecule has 19 heavy (non-hydrogen) atoms. The maximum atomic E-state index is 11.5. The first-order valence-corrected chi connectivity index (χ1v) is 6.67. The molecular formula is C14H21ClN2O2. The van der Waals surface area contributed by atoms with Gasteiger partial charge in [-0.1, -0.05) is 11.6 Å². The van der Waals surface area contributed by atoms with Gasteiger partial charge in [0.25, 0.3) is 5.91 Å². The second kappa shape index (κ2) is 8.02. The lowest BCUT2D eigenvalue weighted by atomic mass is 10.2. The highest BCUT2D eigenvalue weighted by Gasteiger charge is 2.03. The molecule has 0 aliphatic rings. The zero-order valence-electron chi connectivity index (χ0n) is 11.7. The van der Waals surface area contributed by atoms with Crippen LogP contribution in [0, 0.1) is 6.92 Å². The number of rotatable bonds is 7. The van der Waals surface area contributed by atoms with Crippen LogP contribution in [0.2, 0.25) is 5.02 Å². The third-order valence-corrected chi connectivity index (χ3v) is 3.03. The Balaban J connectivity index is 2.24. The van der Waals surface area contributed by atoms with E-state index in [2.05, 4.69) is 10.2 Å². The number of carbonyl (C=O) groups is 1. The first kappa shape index (κ1) is 15.8. The van der Waals surface area contributed by atoms with Crippen molar-refractivity contribution in [2.75, 3.05) is 33.8 Å². The number of ether oxygens (including phenoxy) is 1. The molecular weight excluding hydrogens is 264 g/mol. The summed E-state index contributed by atoms with van der Waals surface area (Å²) in [6.07, 6.45) is 0.929. The van der Waals surface area contributed by atoms with Crippen molar-refractivity contribution in [1.82, 2.24) is 10.2 Å². The number of amides is 1. The summed E-state index contributed by atoms with van der Waals surface area (Å²) >= 11 is 5.91. The monoisotopic (exact) mass is 284 g/mol. The molecule has 0 unspecified atom stereocenters. The van der Waals surface area contributed by atoms with Crippen LogP contribution in [0.4, 0.5) is 0 Å². The molecule has 1 aromatic rings. The van der Waals surface area contributed by atoms with Crippen LogP contribution in [0.1, 0.15) is 12.0 Å². The zero-order chi connectivity index (χ0) is 14.3. The summed E-state index contributed by atoms with van der Waals surface area (Å²) in [5, 5.41) is 3.51. The number of nitrogens with one attached hydrogen (secondary N) is 1. The number of aryl methyl sites for hydroxylation is 1. The number of hydrogen-bond donors (Lipinski definition) is 1. The molecule has 1 rings (SSSR count). The van der Waals surface area contributed by atoms with E-state index in [9.17, 15) is 4.79 Å². The van der Waals surface area contributed by atoms with Crippen LogP contribution in [0.3, 0.4) is 0 Å². The number of benzene rings is 1. The molecule has 0 radical (unpaired) electrons. The van der Waals surface area contributed by atoms with Crippen LogP contribution in [0.5, 0.6) is 5.75 Å². The van der Waals surface area contributed by atoms with E-state index < -0.39 is 0 Å². The second-order valence-electron chi connectivity index (χ2n) is 4.71. The average molecular weight is 285 g/mol. The van der Waals surface area contributed by atoms with Crippen molar-refractivity contribution in [2.45, 2.75) is 13.3 Å². The normalized spacial score (nSPS) is 10.6. The van der Waals surface area contributed by atoms with Crippen LogP contribution in [0.15, 0.2) is 18.2 Å². The SMILES string of the molecule is Cc1cc(OCC(=O)NCCCN(C)C)ccc1Cl. The molecule has 106 valence electrons. The first-order valence-electron chi connectivity index (χ1n) is 6.29. The topological polar surface area (TPSA) is 41.6 Å². The molecule has 0 heterocycles. The zero-order valence-corrected chi connectivity index (χ0v) is 12.5. The maximum Gasteiger partial charge on any atom is 0.257 e. The molecule has 0 saturated carbocycles. The molecule has 0 aliphatic heterocycles. The standard InChI is InChI=1S/C14H21ClN2O2/c1-11-9-12(5-6-13(11)15)19-10-14(18)16-7-4-8-17(2)3/h5-6,9H,4,7-8,10H2,1-3H3,(H,16,18). The molecule has 1 amide bonds. The van der Waals surface area contributed by atoms with Gasteiger partial charge < -0.3 is 15.0 Å². The Morgan fingerprint density at radius 2 is 2.16 bits per heavy atom. The summed E-state index contributed by atoms with van der Waals surface area (Å²) in [4.78, 5) is 13.6. The molecule has 0 saturated heterocycles. The number of hydrogen-bond acceptors (Lipinski definition) is 3. The molecule has 4 nitrogen and oxygen atoms in total. The summed E-state index contributed by atoms with van der Waals surface area (Å²) in [7, 11) is 4.02. The van der Waals surface area contributed by atoms with Crippen molar-refractivity contribution in [3.63, 3.8) is 0 Å². The van der Waals surface area contributed by atoms with Crippen LogP contribution in [0.25, 0.3) is 0 Å². The van der Waals surface area contributed by atoms with E-state index in [-0.39, 0.29) is 12.5 Å². The molecule has 0 fully saturated rings. The molecule has 0 bridgehead atoms. The minimum atomic E-state index is -0.105. The lowest BCUT2D eigenvalue weighted by Gasteiger charge is -2.10. The van der Waals surface area contributed by atoms with Gasteiger partial charge in [0.15, 0.2) is 6.61 Å². The fourth-order valence-corrected chi connectivity index (χ4v) is 1.65. The largest absolute Gasteiger partial charge is 0.484 e. The van der Waals surface area contributed by atoms with E-state index >= 15 is 0 Å². The van der Waals surface area contributed by atoms with Crippen molar-refractivity contribution >= 4 is 17.5 Å². The van der Waals surface area contributed by atoms with Gasteiger partial charge in [0.2, 0.25) is 0 Å². The minimum Gasteiger partial charge on any atom is -0.484 e. The fourth-order valence-electron chi connectivity index (χ4n) is 1.53. The summed E-state index contributed by atoms with van der Waals surface area (Å²) < 4.78 is 5.40. The smallest absolute Gasteiger partial charge is 0.257 e. The van der Waals surface area contributed by atoms with E-state index in [1.165, 1.54) is 0 Å². The van der Waals surface area contributed by atoms with Gasteiger partial charge in [-0.2, -0.15) is 0 Å². The number of carbonyl (C=O) groups excluding carboxylic acids is 1. The highest BCUT2D eigenvalue weighted by Crippen LogP contribution is 2.20. The first-order chi connectivity index (χ1) is 8.99. The lowest BCUT2D eigenvalue weighted by Crippen LogP contribution is -2.31. The average Bonchev–Trinajstić information content (AvgIpc) is 2.36. The second-order valence-corrected chi connectivity index (χ2v) is 5.11. The highest BCUT2D eigenvalue weighted by atomic mass is 35.5. The van der Waals surface area contributed by atoms with E-state index in [1.807, 2.05) is 27.1 Å². The number of halogens is 1. The van der Waals surface area contributed by atoms with Crippen molar-refractivity contribution in [3.05, 3.63) is 28.8 Å². The van der Waals surface area contributed by atoms with Gasteiger partial charge in [-0.25, -0.2) is 0 Å². The predicted octanol–water partition coefficient (Wildman–Crippen LogP) is 2.10. The van der Waals surface area contributed by atoms with Crippen molar-refractivity contribution in [2.24, 2.45) is 0 Å². The lowest BCUT2D eigenvalue weighted by molar-refractivity contribution is -0.123. The Morgan fingerprint density at radius 1 is 1.42 bits per heavy atom. The molecule has 0 spiro atoms. The third-order valence-electron chi connectivity index (χ3n) is 2.60. The van der Waals surface area contributed by atoms with E-state index in [0.717, 1.165) is 18.5 Å². The Morgan fingerprint density at radius 3 is 2.79 bits per heavy atom. The van der Waals surface area contributed by atoms with Crippen LogP contribution >= 0.6 is 11.6 Å². The van der Waals surface area contributed by atoms with Gasteiger partial charge in [0.05, 0.1) is 0 Å². The molecule has 0 aliphatic carbocycles. The summed E-state index contributed by atoms with van der Waals surface area (Å²) in [5.41, 5.74) is 0.936. The Labute approximate surface area is 119 Å². The summed E-state index contributed by atoms with van der Waals surface area (Å²) in [6.45, 7) is 3.55. The summed E-state index contributed by atoms with van der Waals surface area (Å²) in [5.74, 6) is 0.553. The van der Waals surface area contributed by atoms with Gasteiger partial charge in [0, 0.05) is 11.6 Å². The Bertz CT molecular complexity index is 422. The summed E-state index contributed by atoms with van der Waals surface area (Å²) in [6, 6.07) is 5.34. The van der Waals surface area contributed by atoms with Crippen LogP contribution in [-0.4, -0.2) is 44.6 Å². The van der Waals surface area contributed by atoms with Gasteiger partial charge in [-0.15, -0.1) is 0 Å². The quantitative estimate of drug-likeness (QED) is 0.780. The van der Waals surface area contributed by atoms with Crippen LogP contribution in [-0.2, 0) is 4.79 Å². The number of nitrogens with zero attached hydrogens (tertiary/aromatic N) is 1. The molecule has 1 aromatic carbocycles. The minimum absolute atomic E-state index is 0.0308. The van der Waals surface area contributed by atoms with Gasteiger partial charge in [-0.05, 0) is 57.7 Å². The third kappa shape index (κ3) is 6.45. The maximum absolute atomic E-state index is 11.5. The molecule has 1 N–H and O–H groups in total. The van der Waals surface area contributed by atoms with E-state index in [0.29, 0.717) is 17.3 Å². The van der Waals surface area contributed by atoms with Gasteiger partial charge in [0.1, 0.15) is 5.75 Å². The van der Waals surface area contributed by atoms with Crippen molar-refractivity contribution in [1.29, 1.82) is 0 Å². The highest BCUT2D eigenvalue weighted by molar-refractivity contribution is 6.31. The molecule has 5 heteroatoms. The van der Waals surface area contributed by atoms with Gasteiger partial charge >= 0.3 is 0 Å². The van der Waals surface area contributed by atoms with E-state index in [4.69, 9.17) is 16.3 Å². The predicted molar refractivity (Wildman–Crippen MR) is 77.9 cm³/mol. The van der Waals surface area contributed by atoms with Crippen molar-refractivity contribution in [3.8, 4) is 5.75 Å².